The molecule has 0 aliphatic heterocycles. The monoisotopic (exact) mass is 772 g/mol. The number of carbonyl (C=O) groups excluding carboxylic acids is 1. The van der Waals surface area contributed by atoms with Crippen LogP contribution in [0.1, 0.15) is 239 Å². The average Bonchev–Trinajstić information content (AvgIpc) is 3.19. The van der Waals surface area contributed by atoms with Gasteiger partial charge in [-0.25, -0.2) is 0 Å². The quantitative estimate of drug-likeness (QED) is 0.0367. The van der Waals surface area contributed by atoms with Gasteiger partial charge in [0.2, 0.25) is 5.91 Å². The highest BCUT2D eigenvalue weighted by Crippen LogP contribution is 2.15. The van der Waals surface area contributed by atoms with Gasteiger partial charge in [-0.3, -0.25) is 4.79 Å². The standard InChI is InChI=1S/C50H93NO4/c1-3-5-7-9-11-13-15-17-19-21-23-24-25-27-29-31-33-35-37-39-41-43-45-49(54)50(55)51-47(46-52)48(53)44-42-40-38-36-34-32-30-28-26-22-20-18-16-14-12-10-8-6-4-2/h23-24,27,29,34,36,42,44,47-49,52-54H,3-22,25-26,28,30-33,35,37-41,43,45-46H2,1-2H3,(H,51,55)/b24-23-,29-27-,36-34+,44-42+. The highest BCUT2D eigenvalue weighted by atomic mass is 16.3. The van der Waals surface area contributed by atoms with Crippen molar-refractivity contribution >= 4 is 5.91 Å². The third kappa shape index (κ3) is 40.3. The number of allylic oxidation sites excluding steroid dienone is 7. The number of nitrogens with one attached hydrogen (secondary N) is 1. The largest absolute Gasteiger partial charge is 0.394 e. The van der Waals surface area contributed by atoms with E-state index in [0.29, 0.717) is 6.42 Å². The Bertz CT molecular complexity index is 896. The fourth-order valence-corrected chi connectivity index (χ4v) is 7.11. The van der Waals surface area contributed by atoms with Gasteiger partial charge in [0.05, 0.1) is 18.8 Å². The number of hydrogen-bond acceptors (Lipinski definition) is 4. The van der Waals surface area contributed by atoms with E-state index in [0.717, 1.165) is 51.4 Å². The number of hydrogen-bond donors (Lipinski definition) is 4. The molecule has 55 heavy (non-hydrogen) atoms. The lowest BCUT2D eigenvalue weighted by Gasteiger charge is -2.21. The second kappa shape index (κ2) is 45.0. The van der Waals surface area contributed by atoms with Gasteiger partial charge >= 0.3 is 0 Å². The van der Waals surface area contributed by atoms with Crippen LogP contribution in [0.25, 0.3) is 0 Å². The minimum atomic E-state index is -1.12. The van der Waals surface area contributed by atoms with Gasteiger partial charge in [0, 0.05) is 0 Å². The second-order valence-corrected chi connectivity index (χ2v) is 16.3. The van der Waals surface area contributed by atoms with E-state index in [2.05, 4.69) is 55.6 Å². The predicted molar refractivity (Wildman–Crippen MR) is 241 cm³/mol. The molecule has 0 rings (SSSR count). The molecule has 5 heteroatoms. The maximum Gasteiger partial charge on any atom is 0.249 e. The van der Waals surface area contributed by atoms with Crippen LogP contribution in [0, 0.1) is 0 Å². The lowest BCUT2D eigenvalue weighted by Crippen LogP contribution is -2.48. The van der Waals surface area contributed by atoms with Gasteiger partial charge in [-0.2, -0.15) is 0 Å². The zero-order chi connectivity index (χ0) is 40.1. The van der Waals surface area contributed by atoms with Crippen LogP contribution in [-0.4, -0.2) is 46.1 Å². The third-order valence-electron chi connectivity index (χ3n) is 10.9. The molecule has 0 spiro atoms. The highest BCUT2D eigenvalue weighted by Gasteiger charge is 2.22. The Morgan fingerprint density at radius 3 is 1.22 bits per heavy atom. The molecule has 322 valence electrons. The Morgan fingerprint density at radius 2 is 0.800 bits per heavy atom. The first kappa shape index (κ1) is 53.3. The molecule has 3 atom stereocenters. The van der Waals surface area contributed by atoms with E-state index < -0.39 is 24.2 Å². The Labute approximate surface area is 342 Å². The van der Waals surface area contributed by atoms with Gasteiger partial charge in [-0.1, -0.05) is 223 Å². The van der Waals surface area contributed by atoms with Crippen molar-refractivity contribution < 1.29 is 20.1 Å². The summed E-state index contributed by atoms with van der Waals surface area (Å²) in [5.41, 5.74) is 0. The summed E-state index contributed by atoms with van der Waals surface area (Å²) in [5, 5.41) is 33.2. The van der Waals surface area contributed by atoms with Crippen molar-refractivity contribution in [2.24, 2.45) is 0 Å². The summed E-state index contributed by atoms with van der Waals surface area (Å²) in [6.45, 7) is 4.17. The van der Waals surface area contributed by atoms with Crippen molar-refractivity contribution in [3.8, 4) is 0 Å². The van der Waals surface area contributed by atoms with Crippen molar-refractivity contribution in [1.29, 1.82) is 0 Å². The molecule has 0 bridgehead atoms. The van der Waals surface area contributed by atoms with Crippen LogP contribution in [0.4, 0.5) is 0 Å². The molecule has 0 saturated carbocycles. The maximum absolute atomic E-state index is 12.5. The molecule has 1 amide bonds. The van der Waals surface area contributed by atoms with Crippen LogP contribution in [0.5, 0.6) is 0 Å². The molecule has 5 nitrogen and oxygen atoms in total. The van der Waals surface area contributed by atoms with Crippen molar-refractivity contribution in [2.75, 3.05) is 6.61 Å². The Kier molecular flexibility index (Phi) is 43.6. The smallest absolute Gasteiger partial charge is 0.249 e. The van der Waals surface area contributed by atoms with E-state index in [4.69, 9.17) is 0 Å². The van der Waals surface area contributed by atoms with Crippen LogP contribution in [0.2, 0.25) is 0 Å². The van der Waals surface area contributed by atoms with E-state index >= 15 is 0 Å². The van der Waals surface area contributed by atoms with E-state index in [1.54, 1.807) is 6.08 Å². The molecule has 3 unspecified atom stereocenters. The van der Waals surface area contributed by atoms with Crippen LogP contribution < -0.4 is 5.32 Å². The lowest BCUT2D eigenvalue weighted by atomic mass is 10.0. The molecule has 0 heterocycles. The molecule has 0 fully saturated rings. The summed E-state index contributed by atoms with van der Waals surface area (Å²) in [4.78, 5) is 12.5. The van der Waals surface area contributed by atoms with Crippen LogP contribution in [0.15, 0.2) is 48.6 Å². The number of aliphatic hydroxyl groups excluding tert-OH is 3. The summed E-state index contributed by atoms with van der Waals surface area (Å²) >= 11 is 0. The normalized spacial score (nSPS) is 13.9. The molecule has 4 N–H and O–H groups in total. The topological polar surface area (TPSA) is 89.8 Å². The first-order valence-corrected chi connectivity index (χ1v) is 24.0. The first-order chi connectivity index (χ1) is 27.1. The molecule has 0 saturated heterocycles. The molecule has 0 aliphatic carbocycles. The maximum atomic E-state index is 12.5. The number of carbonyl (C=O) groups is 1. The zero-order valence-corrected chi connectivity index (χ0v) is 36.6. The lowest BCUT2D eigenvalue weighted by molar-refractivity contribution is -0.131. The molecule has 0 aliphatic rings. The van der Waals surface area contributed by atoms with Crippen molar-refractivity contribution in [1.82, 2.24) is 5.32 Å². The van der Waals surface area contributed by atoms with Gasteiger partial charge in [-0.15, -0.1) is 0 Å². The fourth-order valence-electron chi connectivity index (χ4n) is 7.11. The van der Waals surface area contributed by atoms with E-state index in [1.807, 2.05) is 6.08 Å². The Hall–Kier alpha value is -1.69. The molecule has 0 aromatic carbocycles. The van der Waals surface area contributed by atoms with E-state index in [1.165, 1.54) is 167 Å². The van der Waals surface area contributed by atoms with Crippen LogP contribution in [0.3, 0.4) is 0 Å². The SMILES string of the molecule is CCCCCCCCCCC/C=C\C/C=C\CCCCCCCCC(O)C(=O)NC(CO)C(O)/C=C/CC/C=C/CCCCCCCCCCCCCCC. The van der Waals surface area contributed by atoms with Crippen LogP contribution in [-0.2, 0) is 4.79 Å². The minimum absolute atomic E-state index is 0.381. The van der Waals surface area contributed by atoms with Crippen LogP contribution >= 0.6 is 0 Å². The van der Waals surface area contributed by atoms with E-state index in [-0.39, 0.29) is 6.61 Å². The highest BCUT2D eigenvalue weighted by molar-refractivity contribution is 5.80. The predicted octanol–water partition coefficient (Wildman–Crippen LogP) is 14.1. The average molecular weight is 772 g/mol. The summed E-state index contributed by atoms with van der Waals surface area (Å²) < 4.78 is 0. The molecule has 0 aromatic heterocycles. The number of unbranched alkanes of at least 4 members (excludes halogenated alkanes) is 29. The third-order valence-corrected chi connectivity index (χ3v) is 10.9. The Morgan fingerprint density at radius 1 is 0.455 bits per heavy atom. The number of rotatable bonds is 43. The molecular weight excluding hydrogens is 679 g/mol. The number of aliphatic hydroxyl groups is 3. The van der Waals surface area contributed by atoms with Gasteiger partial charge in [0.15, 0.2) is 0 Å². The summed E-state index contributed by atoms with van der Waals surface area (Å²) in [6, 6.07) is -0.820. The second-order valence-electron chi connectivity index (χ2n) is 16.3. The van der Waals surface area contributed by atoms with Gasteiger partial charge < -0.3 is 20.6 Å². The van der Waals surface area contributed by atoms with Gasteiger partial charge in [0.25, 0.3) is 0 Å². The number of amides is 1. The summed E-state index contributed by atoms with van der Waals surface area (Å²) in [6.07, 6.45) is 58.7. The Balaban J connectivity index is 3.72. The van der Waals surface area contributed by atoms with Crippen molar-refractivity contribution in [3.05, 3.63) is 48.6 Å². The van der Waals surface area contributed by atoms with Gasteiger partial charge in [-0.05, 0) is 64.2 Å². The fraction of sp³-hybridized carbons (Fsp3) is 0.820. The molecule has 0 aromatic rings. The van der Waals surface area contributed by atoms with Crippen molar-refractivity contribution in [3.63, 3.8) is 0 Å². The zero-order valence-electron chi connectivity index (χ0n) is 36.6. The summed E-state index contributed by atoms with van der Waals surface area (Å²) in [7, 11) is 0. The van der Waals surface area contributed by atoms with Crippen molar-refractivity contribution in [2.45, 2.75) is 257 Å². The van der Waals surface area contributed by atoms with Gasteiger partial charge in [0.1, 0.15) is 6.10 Å². The summed E-state index contributed by atoms with van der Waals surface area (Å²) in [5.74, 6) is -0.521. The molecule has 0 radical (unpaired) electrons. The first-order valence-electron chi connectivity index (χ1n) is 24.0. The van der Waals surface area contributed by atoms with E-state index in [9.17, 15) is 20.1 Å². The molecular formula is C50H93NO4. The minimum Gasteiger partial charge on any atom is -0.394 e.